The van der Waals surface area contributed by atoms with Crippen LogP contribution in [0.2, 0.25) is 0 Å². The standard InChI is InChI=1S/C6H11N3O/c1-6(2,3)4-5(7)8-9-10-4/h7H2,1-3H3. The zero-order valence-corrected chi connectivity index (χ0v) is 6.38. The van der Waals surface area contributed by atoms with Crippen LogP contribution >= 0.6 is 0 Å². The molecule has 4 heteroatoms. The quantitative estimate of drug-likeness (QED) is 0.584. The third kappa shape index (κ3) is 1.10. The van der Waals surface area contributed by atoms with Gasteiger partial charge in [0.25, 0.3) is 0 Å². The molecule has 0 atom stereocenters. The van der Waals surface area contributed by atoms with Gasteiger partial charge in [-0.1, -0.05) is 25.9 Å². The van der Waals surface area contributed by atoms with Crippen LogP contribution < -0.4 is 5.73 Å². The molecule has 0 radical (unpaired) electrons. The van der Waals surface area contributed by atoms with Crippen LogP contribution in [0.25, 0.3) is 0 Å². The lowest BCUT2D eigenvalue weighted by Crippen LogP contribution is -2.12. The van der Waals surface area contributed by atoms with Crippen molar-refractivity contribution >= 4 is 5.82 Å². The Hall–Kier alpha value is -1.06. The van der Waals surface area contributed by atoms with Gasteiger partial charge in [0.1, 0.15) is 0 Å². The van der Waals surface area contributed by atoms with Crippen molar-refractivity contribution in [1.82, 2.24) is 10.4 Å². The molecule has 1 aromatic rings. The number of hydrogen-bond acceptors (Lipinski definition) is 4. The van der Waals surface area contributed by atoms with Gasteiger partial charge in [-0.3, -0.25) is 0 Å². The molecule has 0 aliphatic rings. The monoisotopic (exact) mass is 141 g/mol. The van der Waals surface area contributed by atoms with Gasteiger partial charge in [0.2, 0.25) is 0 Å². The second-order valence-electron chi connectivity index (χ2n) is 3.24. The number of hydrogen-bond donors (Lipinski definition) is 1. The molecular formula is C6H11N3O. The Morgan fingerprint density at radius 2 is 2.00 bits per heavy atom. The Labute approximate surface area is 59.4 Å². The highest BCUT2D eigenvalue weighted by molar-refractivity contribution is 5.34. The van der Waals surface area contributed by atoms with Crippen LogP contribution in [-0.4, -0.2) is 10.4 Å². The van der Waals surface area contributed by atoms with E-state index in [9.17, 15) is 0 Å². The molecule has 0 aliphatic carbocycles. The molecule has 0 bridgehead atoms. The molecule has 1 heterocycles. The molecule has 0 spiro atoms. The molecule has 56 valence electrons. The van der Waals surface area contributed by atoms with Crippen LogP contribution in [0, 0.1) is 0 Å². The van der Waals surface area contributed by atoms with E-state index in [1.165, 1.54) is 0 Å². The van der Waals surface area contributed by atoms with E-state index >= 15 is 0 Å². The van der Waals surface area contributed by atoms with E-state index in [0.717, 1.165) is 0 Å². The first-order chi connectivity index (χ1) is 4.52. The first-order valence-electron chi connectivity index (χ1n) is 3.10. The van der Waals surface area contributed by atoms with Crippen LogP contribution in [0.3, 0.4) is 0 Å². The van der Waals surface area contributed by atoms with Gasteiger partial charge in [0.15, 0.2) is 11.6 Å². The summed E-state index contributed by atoms with van der Waals surface area (Å²) in [6, 6.07) is 0. The topological polar surface area (TPSA) is 64.9 Å². The molecule has 10 heavy (non-hydrogen) atoms. The summed E-state index contributed by atoms with van der Waals surface area (Å²) < 4.78 is 4.84. The fraction of sp³-hybridized carbons (Fsp3) is 0.667. The molecule has 0 unspecified atom stereocenters. The second-order valence-corrected chi connectivity index (χ2v) is 3.24. The molecule has 0 fully saturated rings. The van der Waals surface area contributed by atoms with E-state index in [4.69, 9.17) is 10.3 Å². The van der Waals surface area contributed by atoms with E-state index in [1.807, 2.05) is 20.8 Å². The molecule has 0 aliphatic heterocycles. The Morgan fingerprint density at radius 3 is 2.20 bits per heavy atom. The summed E-state index contributed by atoms with van der Waals surface area (Å²) >= 11 is 0. The van der Waals surface area contributed by atoms with Crippen molar-refractivity contribution in [1.29, 1.82) is 0 Å². The molecular weight excluding hydrogens is 130 g/mol. The highest BCUT2D eigenvalue weighted by Crippen LogP contribution is 2.24. The SMILES string of the molecule is CC(C)(C)c1onnc1N. The maximum Gasteiger partial charge on any atom is 0.191 e. The summed E-state index contributed by atoms with van der Waals surface area (Å²) in [7, 11) is 0. The van der Waals surface area contributed by atoms with E-state index in [2.05, 4.69) is 10.4 Å². The summed E-state index contributed by atoms with van der Waals surface area (Å²) in [5.41, 5.74) is 5.36. The van der Waals surface area contributed by atoms with E-state index in [1.54, 1.807) is 0 Å². The van der Waals surface area contributed by atoms with Crippen molar-refractivity contribution in [2.24, 2.45) is 0 Å². The summed E-state index contributed by atoms with van der Waals surface area (Å²) in [4.78, 5) is 0. The predicted molar refractivity (Wildman–Crippen MR) is 37.4 cm³/mol. The zero-order chi connectivity index (χ0) is 7.78. The van der Waals surface area contributed by atoms with Gasteiger partial charge in [-0.15, -0.1) is 0 Å². The van der Waals surface area contributed by atoms with Crippen molar-refractivity contribution in [2.45, 2.75) is 26.2 Å². The molecule has 4 nitrogen and oxygen atoms in total. The lowest BCUT2D eigenvalue weighted by molar-refractivity contribution is 0.316. The van der Waals surface area contributed by atoms with Crippen LogP contribution in [0.1, 0.15) is 26.5 Å². The molecule has 1 rings (SSSR count). The van der Waals surface area contributed by atoms with Crippen molar-refractivity contribution < 1.29 is 4.52 Å². The lowest BCUT2D eigenvalue weighted by Gasteiger charge is -2.12. The van der Waals surface area contributed by atoms with Crippen molar-refractivity contribution in [3.8, 4) is 0 Å². The predicted octanol–water partition coefficient (Wildman–Crippen LogP) is 0.949. The van der Waals surface area contributed by atoms with Crippen LogP contribution in [0.5, 0.6) is 0 Å². The Balaban J connectivity index is 3.05. The third-order valence-electron chi connectivity index (χ3n) is 1.19. The second kappa shape index (κ2) is 1.97. The van der Waals surface area contributed by atoms with Crippen molar-refractivity contribution in [2.75, 3.05) is 5.73 Å². The maximum absolute atomic E-state index is 5.46. The van der Waals surface area contributed by atoms with E-state index in [-0.39, 0.29) is 5.41 Å². The molecule has 1 aromatic heterocycles. The summed E-state index contributed by atoms with van der Waals surface area (Å²) in [5.74, 6) is 1.03. The highest BCUT2D eigenvalue weighted by Gasteiger charge is 2.22. The smallest absolute Gasteiger partial charge is 0.191 e. The van der Waals surface area contributed by atoms with E-state index in [0.29, 0.717) is 11.6 Å². The number of nitrogen functional groups attached to an aromatic ring is 1. The molecule has 0 saturated carbocycles. The normalized spacial score (nSPS) is 11.9. The summed E-state index contributed by atoms with van der Waals surface area (Å²) in [6.07, 6.45) is 0. The lowest BCUT2D eigenvalue weighted by atomic mass is 9.93. The third-order valence-corrected chi connectivity index (χ3v) is 1.19. The molecule has 0 amide bonds. The number of nitrogens with two attached hydrogens (primary N) is 1. The fourth-order valence-corrected chi connectivity index (χ4v) is 0.719. The first-order valence-corrected chi connectivity index (χ1v) is 3.10. The van der Waals surface area contributed by atoms with Gasteiger partial charge in [-0.05, 0) is 0 Å². The van der Waals surface area contributed by atoms with Gasteiger partial charge < -0.3 is 10.3 Å². The van der Waals surface area contributed by atoms with Crippen LogP contribution in [0.4, 0.5) is 5.82 Å². The minimum atomic E-state index is -0.104. The number of anilines is 1. The minimum Gasteiger partial charge on any atom is -0.379 e. The largest absolute Gasteiger partial charge is 0.379 e. The highest BCUT2D eigenvalue weighted by atomic mass is 16.5. The van der Waals surface area contributed by atoms with Gasteiger partial charge in [0, 0.05) is 10.7 Å². The van der Waals surface area contributed by atoms with Crippen molar-refractivity contribution in [3.05, 3.63) is 5.76 Å². The summed E-state index contributed by atoms with van der Waals surface area (Å²) in [6.45, 7) is 5.97. The number of aromatic nitrogens is 2. The van der Waals surface area contributed by atoms with Crippen LogP contribution in [-0.2, 0) is 5.41 Å². The van der Waals surface area contributed by atoms with Crippen LogP contribution in [0.15, 0.2) is 4.52 Å². The first kappa shape index (κ1) is 7.05. The van der Waals surface area contributed by atoms with E-state index < -0.39 is 0 Å². The average molecular weight is 141 g/mol. The maximum atomic E-state index is 5.46. The average Bonchev–Trinajstić information content (AvgIpc) is 2.11. The molecule has 0 saturated heterocycles. The minimum absolute atomic E-state index is 0.104. The Bertz CT molecular complexity index is 223. The van der Waals surface area contributed by atoms with Gasteiger partial charge in [0.05, 0.1) is 0 Å². The molecule has 2 N–H and O–H groups in total. The Morgan fingerprint density at radius 1 is 1.40 bits per heavy atom. The van der Waals surface area contributed by atoms with Gasteiger partial charge in [-0.25, -0.2) is 0 Å². The zero-order valence-electron chi connectivity index (χ0n) is 6.38. The Kier molecular flexibility index (Phi) is 1.39. The summed E-state index contributed by atoms with van der Waals surface area (Å²) in [5, 5.41) is 6.88. The number of nitrogens with zero attached hydrogens (tertiary/aromatic N) is 2. The fourth-order valence-electron chi connectivity index (χ4n) is 0.719. The molecule has 0 aromatic carbocycles. The van der Waals surface area contributed by atoms with Gasteiger partial charge >= 0.3 is 0 Å². The number of rotatable bonds is 0. The van der Waals surface area contributed by atoms with Gasteiger partial charge in [-0.2, -0.15) is 0 Å². The van der Waals surface area contributed by atoms with Crippen molar-refractivity contribution in [3.63, 3.8) is 0 Å².